The lowest BCUT2D eigenvalue weighted by atomic mass is 10.0. The van der Waals surface area contributed by atoms with Crippen molar-refractivity contribution in [3.05, 3.63) is 53.9 Å². The number of imidazole rings is 1. The Labute approximate surface area is 133 Å². The van der Waals surface area contributed by atoms with Crippen LogP contribution in [0.4, 0.5) is 0 Å². The Morgan fingerprint density at radius 3 is 2.52 bits per heavy atom. The number of nitrogens with zero attached hydrogens (tertiary/aromatic N) is 1. The smallest absolute Gasteiger partial charge is 0.303 e. The molecule has 0 aliphatic carbocycles. The Kier molecular flexibility index (Phi) is 4.12. The number of carbonyl (C=O) groups is 1. The largest absolute Gasteiger partial charge is 0.481 e. The van der Waals surface area contributed by atoms with E-state index in [-0.39, 0.29) is 6.42 Å². The summed E-state index contributed by atoms with van der Waals surface area (Å²) in [6.07, 6.45) is 0.0495. The fraction of sp³-hybridized carbons (Fsp3) is 0.222. The highest BCUT2D eigenvalue weighted by molar-refractivity contribution is 5.82. The molecular weight excluding hydrogens is 292 g/mol. The number of carboxylic acid groups (broad SMARTS) is 1. The van der Waals surface area contributed by atoms with Crippen molar-refractivity contribution in [1.29, 1.82) is 0 Å². The topological polar surface area (TPSA) is 86.2 Å². The number of aryl methyl sites for hydroxylation is 1. The molecule has 0 unspecified atom stereocenters. The van der Waals surface area contributed by atoms with Crippen molar-refractivity contribution in [1.82, 2.24) is 9.97 Å². The number of carboxylic acids is 1. The third-order valence-electron chi connectivity index (χ3n) is 3.81. The number of hydrogen-bond donors (Lipinski definition) is 3. The molecule has 2 aromatic carbocycles. The number of aromatic nitrogens is 2. The molecule has 3 aromatic rings. The molecule has 3 rings (SSSR count). The summed E-state index contributed by atoms with van der Waals surface area (Å²) in [4.78, 5) is 18.1. The molecule has 0 saturated carbocycles. The molecule has 3 N–H and O–H groups in total. The third-order valence-corrected chi connectivity index (χ3v) is 3.81. The zero-order valence-electron chi connectivity index (χ0n) is 12.8. The number of aliphatic hydroxyl groups is 1. The van der Waals surface area contributed by atoms with Crippen molar-refractivity contribution in [2.24, 2.45) is 0 Å². The molecule has 1 heterocycles. The second-order valence-electron chi connectivity index (χ2n) is 5.62. The number of fused-ring (bicyclic) bond motifs is 1. The average molecular weight is 310 g/mol. The lowest BCUT2D eigenvalue weighted by molar-refractivity contribution is -0.136. The molecule has 0 radical (unpaired) electrons. The van der Waals surface area contributed by atoms with Gasteiger partial charge in [-0.15, -0.1) is 0 Å². The van der Waals surface area contributed by atoms with Gasteiger partial charge in [-0.1, -0.05) is 30.3 Å². The van der Waals surface area contributed by atoms with Crippen LogP contribution in [0, 0.1) is 0 Å². The zero-order chi connectivity index (χ0) is 16.4. The molecule has 23 heavy (non-hydrogen) atoms. The number of aliphatic hydroxyl groups excluding tert-OH is 1. The second kappa shape index (κ2) is 6.22. The van der Waals surface area contributed by atoms with Gasteiger partial charge in [0.1, 0.15) is 11.9 Å². The summed E-state index contributed by atoms with van der Waals surface area (Å²) in [7, 11) is 0. The summed E-state index contributed by atoms with van der Waals surface area (Å²) < 4.78 is 0. The van der Waals surface area contributed by atoms with E-state index in [0.717, 1.165) is 27.7 Å². The van der Waals surface area contributed by atoms with Gasteiger partial charge in [0.25, 0.3) is 0 Å². The minimum absolute atomic E-state index is 0.140. The molecular formula is C18H18N2O3. The van der Waals surface area contributed by atoms with Crippen molar-refractivity contribution in [3.63, 3.8) is 0 Å². The number of benzene rings is 2. The third kappa shape index (κ3) is 3.40. The number of rotatable bonds is 5. The van der Waals surface area contributed by atoms with Gasteiger partial charge in [0.2, 0.25) is 0 Å². The van der Waals surface area contributed by atoms with Gasteiger partial charge >= 0.3 is 5.97 Å². The predicted octanol–water partition coefficient (Wildman–Crippen LogP) is 3.30. The van der Waals surface area contributed by atoms with Crippen molar-refractivity contribution in [2.75, 3.05) is 0 Å². The maximum absolute atomic E-state index is 10.6. The molecule has 118 valence electrons. The highest BCUT2D eigenvalue weighted by Crippen LogP contribution is 2.25. The predicted molar refractivity (Wildman–Crippen MR) is 88.1 cm³/mol. The average Bonchev–Trinajstić information content (AvgIpc) is 2.97. The maximum Gasteiger partial charge on any atom is 0.303 e. The molecule has 0 aliphatic heterocycles. The molecule has 0 bridgehead atoms. The van der Waals surface area contributed by atoms with Crippen LogP contribution in [0.3, 0.4) is 0 Å². The van der Waals surface area contributed by atoms with Gasteiger partial charge in [0, 0.05) is 6.42 Å². The number of nitrogens with one attached hydrogen (secondary N) is 1. The quantitative estimate of drug-likeness (QED) is 0.675. The van der Waals surface area contributed by atoms with E-state index >= 15 is 0 Å². The van der Waals surface area contributed by atoms with Gasteiger partial charge in [-0.3, -0.25) is 4.79 Å². The lowest BCUT2D eigenvalue weighted by Crippen LogP contribution is -1.97. The Morgan fingerprint density at radius 1 is 1.17 bits per heavy atom. The summed E-state index contributed by atoms with van der Waals surface area (Å²) in [5.74, 6) is -0.228. The van der Waals surface area contributed by atoms with Crippen molar-refractivity contribution >= 4 is 17.0 Å². The molecule has 0 saturated heterocycles. The molecule has 0 fully saturated rings. The van der Waals surface area contributed by atoms with Crippen LogP contribution in [-0.4, -0.2) is 26.2 Å². The van der Waals surface area contributed by atoms with Crippen molar-refractivity contribution < 1.29 is 15.0 Å². The van der Waals surface area contributed by atoms with E-state index in [1.54, 1.807) is 6.92 Å². The van der Waals surface area contributed by atoms with Crippen LogP contribution >= 0.6 is 0 Å². The molecule has 0 amide bonds. The van der Waals surface area contributed by atoms with Crippen LogP contribution in [0.5, 0.6) is 0 Å². The molecule has 0 spiro atoms. The summed E-state index contributed by atoms with van der Waals surface area (Å²) in [5.41, 5.74) is 4.81. The van der Waals surface area contributed by atoms with E-state index < -0.39 is 12.1 Å². The Morgan fingerprint density at radius 2 is 1.87 bits per heavy atom. The first-order valence-corrected chi connectivity index (χ1v) is 7.52. The first kappa shape index (κ1) is 15.2. The van der Waals surface area contributed by atoms with E-state index in [9.17, 15) is 9.90 Å². The Hall–Kier alpha value is -2.66. The number of H-pyrrole nitrogens is 1. The van der Waals surface area contributed by atoms with Gasteiger partial charge in [-0.05, 0) is 42.2 Å². The van der Waals surface area contributed by atoms with E-state index in [4.69, 9.17) is 5.11 Å². The first-order valence-electron chi connectivity index (χ1n) is 7.52. The Balaban J connectivity index is 1.86. The summed E-state index contributed by atoms with van der Waals surface area (Å²) in [6.45, 7) is 1.68. The van der Waals surface area contributed by atoms with Crippen LogP contribution < -0.4 is 0 Å². The fourth-order valence-corrected chi connectivity index (χ4v) is 2.52. The minimum atomic E-state index is -0.785. The molecule has 5 nitrogen and oxygen atoms in total. The van der Waals surface area contributed by atoms with Crippen LogP contribution in [0.2, 0.25) is 0 Å². The fourth-order valence-electron chi connectivity index (χ4n) is 2.52. The lowest BCUT2D eigenvalue weighted by Gasteiger charge is -2.04. The highest BCUT2D eigenvalue weighted by Gasteiger charge is 2.08. The summed E-state index contributed by atoms with van der Waals surface area (Å²) in [6, 6.07) is 13.8. The van der Waals surface area contributed by atoms with E-state index in [1.165, 1.54) is 0 Å². The van der Waals surface area contributed by atoms with Crippen molar-refractivity contribution in [3.8, 4) is 11.1 Å². The molecule has 0 aliphatic rings. The number of aliphatic carboxylic acids is 1. The number of aromatic amines is 1. The van der Waals surface area contributed by atoms with Gasteiger partial charge < -0.3 is 15.2 Å². The van der Waals surface area contributed by atoms with Gasteiger partial charge in [-0.25, -0.2) is 4.98 Å². The summed E-state index contributed by atoms with van der Waals surface area (Å²) in [5, 5.41) is 18.3. The highest BCUT2D eigenvalue weighted by atomic mass is 16.4. The van der Waals surface area contributed by atoms with Crippen LogP contribution in [-0.2, 0) is 11.2 Å². The Bertz CT molecular complexity index is 835. The minimum Gasteiger partial charge on any atom is -0.481 e. The van der Waals surface area contributed by atoms with Crippen LogP contribution in [0.25, 0.3) is 22.2 Å². The first-order chi connectivity index (χ1) is 11.0. The van der Waals surface area contributed by atoms with Crippen molar-refractivity contribution in [2.45, 2.75) is 25.9 Å². The standard InChI is InChI=1S/C18H18N2O3/c1-11(21)18-19-15-8-7-14(10-16(15)20-18)13-5-2-12(3-6-13)4-9-17(22)23/h2-3,5-8,10-11,21H,4,9H2,1H3,(H,19,20)(H,22,23)/t11-/m0/s1. The zero-order valence-corrected chi connectivity index (χ0v) is 12.8. The summed E-state index contributed by atoms with van der Waals surface area (Å²) >= 11 is 0. The van der Waals surface area contributed by atoms with Gasteiger partial charge in [0.05, 0.1) is 11.0 Å². The number of hydrogen-bond acceptors (Lipinski definition) is 3. The van der Waals surface area contributed by atoms with Crippen LogP contribution in [0.15, 0.2) is 42.5 Å². The normalized spacial score (nSPS) is 12.4. The van der Waals surface area contributed by atoms with E-state index in [2.05, 4.69) is 9.97 Å². The van der Waals surface area contributed by atoms with E-state index in [0.29, 0.717) is 12.2 Å². The van der Waals surface area contributed by atoms with Gasteiger partial charge in [0.15, 0.2) is 0 Å². The van der Waals surface area contributed by atoms with Crippen LogP contribution in [0.1, 0.15) is 30.8 Å². The van der Waals surface area contributed by atoms with Gasteiger partial charge in [-0.2, -0.15) is 0 Å². The molecule has 1 aromatic heterocycles. The molecule has 5 heteroatoms. The second-order valence-corrected chi connectivity index (χ2v) is 5.62. The van der Waals surface area contributed by atoms with E-state index in [1.807, 2.05) is 42.5 Å². The maximum atomic E-state index is 10.6. The SMILES string of the molecule is C[C@H](O)c1nc2ccc(-c3ccc(CCC(=O)O)cc3)cc2[nH]1. The molecule has 1 atom stereocenters. The monoisotopic (exact) mass is 310 g/mol.